The number of nitrogens with zero attached hydrogens (tertiary/aromatic N) is 2. The Morgan fingerprint density at radius 3 is 2.47 bits per heavy atom. The summed E-state index contributed by atoms with van der Waals surface area (Å²) in [4.78, 5) is 18.7. The molecule has 0 radical (unpaired) electrons. The van der Waals surface area contributed by atoms with Gasteiger partial charge in [0.1, 0.15) is 5.82 Å². The summed E-state index contributed by atoms with van der Waals surface area (Å²) in [6, 6.07) is 3.59. The number of carbonyl (C=O) groups is 1. The van der Waals surface area contributed by atoms with Gasteiger partial charge in [0.2, 0.25) is 0 Å². The molecule has 1 aromatic heterocycles. The van der Waals surface area contributed by atoms with Crippen molar-refractivity contribution in [3.05, 3.63) is 23.4 Å². The Morgan fingerprint density at radius 1 is 1.32 bits per heavy atom. The number of nitrogen functional groups attached to an aromatic ring is 1. The SMILES string of the molecule is CC(C)(C)c1cc(C(=O)N2CCCC2)cc(NN)n1. The molecule has 0 saturated carbocycles. The fraction of sp³-hybridized carbons (Fsp3) is 0.571. The van der Waals surface area contributed by atoms with Crippen LogP contribution in [0, 0.1) is 0 Å². The molecule has 0 unspecified atom stereocenters. The first-order valence-corrected chi connectivity index (χ1v) is 6.70. The lowest BCUT2D eigenvalue weighted by Gasteiger charge is -2.21. The van der Waals surface area contributed by atoms with Gasteiger partial charge in [-0.05, 0) is 25.0 Å². The van der Waals surface area contributed by atoms with E-state index in [0.717, 1.165) is 31.6 Å². The standard InChI is InChI=1S/C14H22N4O/c1-14(2,3)11-8-10(9-12(16-11)17-15)13(19)18-6-4-5-7-18/h8-9H,4-7,15H2,1-3H3,(H,16,17). The zero-order valence-electron chi connectivity index (χ0n) is 11.9. The average Bonchev–Trinajstić information content (AvgIpc) is 2.90. The number of nitrogens with one attached hydrogen (secondary N) is 1. The fourth-order valence-electron chi connectivity index (χ4n) is 2.21. The second kappa shape index (κ2) is 5.17. The van der Waals surface area contributed by atoms with Gasteiger partial charge in [0.15, 0.2) is 0 Å². The van der Waals surface area contributed by atoms with E-state index in [-0.39, 0.29) is 11.3 Å². The molecule has 3 N–H and O–H groups in total. The number of hydrazine groups is 1. The monoisotopic (exact) mass is 262 g/mol. The zero-order valence-corrected chi connectivity index (χ0v) is 11.9. The maximum atomic E-state index is 12.4. The van der Waals surface area contributed by atoms with Crippen molar-refractivity contribution in [1.82, 2.24) is 9.88 Å². The maximum Gasteiger partial charge on any atom is 0.254 e. The topological polar surface area (TPSA) is 71.2 Å². The summed E-state index contributed by atoms with van der Waals surface area (Å²) in [5.74, 6) is 6.06. The lowest BCUT2D eigenvalue weighted by Crippen LogP contribution is -2.28. The van der Waals surface area contributed by atoms with E-state index in [1.807, 2.05) is 11.0 Å². The van der Waals surface area contributed by atoms with Crippen LogP contribution in [-0.2, 0) is 5.41 Å². The van der Waals surface area contributed by atoms with E-state index in [4.69, 9.17) is 5.84 Å². The summed E-state index contributed by atoms with van der Waals surface area (Å²) >= 11 is 0. The molecule has 1 aromatic rings. The van der Waals surface area contributed by atoms with Gasteiger partial charge in [-0.25, -0.2) is 10.8 Å². The normalized spacial score (nSPS) is 15.7. The summed E-state index contributed by atoms with van der Waals surface area (Å²) in [6.07, 6.45) is 2.18. The van der Waals surface area contributed by atoms with Crippen LogP contribution in [0.3, 0.4) is 0 Å². The van der Waals surface area contributed by atoms with E-state index in [1.54, 1.807) is 6.07 Å². The molecule has 1 saturated heterocycles. The van der Waals surface area contributed by atoms with Crippen molar-refractivity contribution in [2.24, 2.45) is 5.84 Å². The smallest absolute Gasteiger partial charge is 0.254 e. The van der Waals surface area contributed by atoms with Crippen LogP contribution < -0.4 is 11.3 Å². The maximum absolute atomic E-state index is 12.4. The summed E-state index contributed by atoms with van der Waals surface area (Å²) in [5.41, 5.74) is 3.95. The second-order valence-electron chi connectivity index (χ2n) is 6.02. The molecule has 0 aromatic carbocycles. The highest BCUT2D eigenvalue weighted by Gasteiger charge is 2.23. The van der Waals surface area contributed by atoms with Gasteiger partial charge >= 0.3 is 0 Å². The van der Waals surface area contributed by atoms with Crippen LogP contribution in [0.25, 0.3) is 0 Å². The molecule has 1 aliphatic rings. The lowest BCUT2D eigenvalue weighted by molar-refractivity contribution is 0.0792. The van der Waals surface area contributed by atoms with Crippen molar-refractivity contribution in [2.45, 2.75) is 39.0 Å². The average molecular weight is 262 g/mol. The van der Waals surface area contributed by atoms with Gasteiger partial charge in [0.25, 0.3) is 5.91 Å². The lowest BCUT2D eigenvalue weighted by atomic mass is 9.90. The molecule has 1 aliphatic heterocycles. The van der Waals surface area contributed by atoms with E-state index in [2.05, 4.69) is 31.2 Å². The van der Waals surface area contributed by atoms with Gasteiger partial charge < -0.3 is 10.3 Å². The van der Waals surface area contributed by atoms with E-state index < -0.39 is 0 Å². The molecular formula is C14H22N4O. The van der Waals surface area contributed by atoms with Crippen molar-refractivity contribution in [3.63, 3.8) is 0 Å². The Balaban J connectivity index is 2.36. The van der Waals surface area contributed by atoms with Crippen molar-refractivity contribution < 1.29 is 4.79 Å². The van der Waals surface area contributed by atoms with E-state index in [0.29, 0.717) is 11.4 Å². The highest BCUT2D eigenvalue weighted by molar-refractivity contribution is 5.95. The van der Waals surface area contributed by atoms with Crippen molar-refractivity contribution in [2.75, 3.05) is 18.5 Å². The predicted molar refractivity (Wildman–Crippen MR) is 75.9 cm³/mol. The molecule has 5 nitrogen and oxygen atoms in total. The third-order valence-electron chi connectivity index (χ3n) is 3.38. The fourth-order valence-corrected chi connectivity index (χ4v) is 2.21. The first-order valence-electron chi connectivity index (χ1n) is 6.70. The molecular weight excluding hydrogens is 240 g/mol. The Morgan fingerprint density at radius 2 is 1.95 bits per heavy atom. The second-order valence-corrected chi connectivity index (χ2v) is 6.02. The van der Waals surface area contributed by atoms with E-state index in [1.165, 1.54) is 0 Å². The number of carbonyl (C=O) groups excluding carboxylic acids is 1. The first-order chi connectivity index (χ1) is 8.91. The Bertz CT molecular complexity index is 473. The molecule has 1 amide bonds. The zero-order chi connectivity index (χ0) is 14.0. The minimum Gasteiger partial charge on any atom is -0.339 e. The number of hydrogen-bond donors (Lipinski definition) is 2. The van der Waals surface area contributed by atoms with Crippen LogP contribution in [0.5, 0.6) is 0 Å². The van der Waals surface area contributed by atoms with Crippen LogP contribution in [0.2, 0.25) is 0 Å². The molecule has 19 heavy (non-hydrogen) atoms. The summed E-state index contributed by atoms with van der Waals surface area (Å²) in [7, 11) is 0. The molecule has 0 bridgehead atoms. The number of rotatable bonds is 2. The highest BCUT2D eigenvalue weighted by Crippen LogP contribution is 2.24. The van der Waals surface area contributed by atoms with Crippen LogP contribution in [0.1, 0.15) is 49.7 Å². The number of anilines is 1. The molecule has 2 heterocycles. The highest BCUT2D eigenvalue weighted by atomic mass is 16.2. The number of aromatic nitrogens is 1. The first kappa shape index (κ1) is 13.8. The number of hydrogen-bond acceptors (Lipinski definition) is 4. The van der Waals surface area contributed by atoms with Crippen LogP contribution in [-0.4, -0.2) is 28.9 Å². The number of pyridine rings is 1. The van der Waals surface area contributed by atoms with Crippen molar-refractivity contribution >= 4 is 11.7 Å². The van der Waals surface area contributed by atoms with Crippen LogP contribution in [0.4, 0.5) is 5.82 Å². The quantitative estimate of drug-likeness (QED) is 0.631. The number of likely N-dealkylation sites (tertiary alicyclic amines) is 1. The molecule has 2 rings (SSSR count). The predicted octanol–water partition coefficient (Wildman–Crippen LogP) is 1.90. The number of amides is 1. The third kappa shape index (κ3) is 3.04. The largest absolute Gasteiger partial charge is 0.339 e. The van der Waals surface area contributed by atoms with E-state index >= 15 is 0 Å². The van der Waals surface area contributed by atoms with Gasteiger partial charge in [0, 0.05) is 29.8 Å². The van der Waals surface area contributed by atoms with Gasteiger partial charge in [0.05, 0.1) is 0 Å². The van der Waals surface area contributed by atoms with Crippen molar-refractivity contribution in [1.29, 1.82) is 0 Å². The summed E-state index contributed by atoms with van der Waals surface area (Å²) in [5, 5.41) is 0. The van der Waals surface area contributed by atoms with Crippen molar-refractivity contribution in [3.8, 4) is 0 Å². The van der Waals surface area contributed by atoms with E-state index in [9.17, 15) is 4.79 Å². The van der Waals surface area contributed by atoms with Gasteiger partial charge in [-0.1, -0.05) is 20.8 Å². The molecule has 0 atom stereocenters. The Labute approximate surface area is 114 Å². The van der Waals surface area contributed by atoms with Gasteiger partial charge in [-0.3, -0.25) is 4.79 Å². The Hall–Kier alpha value is -1.62. The Kier molecular flexibility index (Phi) is 3.75. The minimum atomic E-state index is -0.118. The van der Waals surface area contributed by atoms with Gasteiger partial charge in [-0.15, -0.1) is 0 Å². The van der Waals surface area contributed by atoms with Crippen LogP contribution >= 0.6 is 0 Å². The third-order valence-corrected chi connectivity index (χ3v) is 3.38. The minimum absolute atomic E-state index is 0.0712. The molecule has 5 heteroatoms. The van der Waals surface area contributed by atoms with Crippen LogP contribution in [0.15, 0.2) is 12.1 Å². The number of nitrogens with two attached hydrogens (primary N) is 1. The van der Waals surface area contributed by atoms with Gasteiger partial charge in [-0.2, -0.15) is 0 Å². The summed E-state index contributed by atoms with van der Waals surface area (Å²) < 4.78 is 0. The molecule has 104 valence electrons. The molecule has 0 aliphatic carbocycles. The molecule has 0 spiro atoms. The molecule has 1 fully saturated rings. The summed E-state index contributed by atoms with van der Waals surface area (Å²) in [6.45, 7) is 7.90.